The fourth-order valence-corrected chi connectivity index (χ4v) is 5.13. The second-order valence-corrected chi connectivity index (χ2v) is 10.4. The van der Waals surface area contributed by atoms with Crippen LogP contribution in [0.4, 0.5) is 5.69 Å². The lowest BCUT2D eigenvalue weighted by molar-refractivity contribution is -0.124. The average molecular weight is 542 g/mol. The van der Waals surface area contributed by atoms with Crippen molar-refractivity contribution in [3.63, 3.8) is 0 Å². The number of rotatable bonds is 8. The summed E-state index contributed by atoms with van der Waals surface area (Å²) in [6, 6.07) is 12.5. The van der Waals surface area contributed by atoms with Gasteiger partial charge < -0.3 is 10.1 Å². The molecule has 2 N–H and O–H groups in total. The van der Waals surface area contributed by atoms with E-state index < -0.39 is 15.9 Å². The van der Waals surface area contributed by atoms with Crippen molar-refractivity contribution in [3.05, 3.63) is 76.4 Å². The molecule has 0 aliphatic rings. The number of pyridine rings is 1. The first-order valence-corrected chi connectivity index (χ1v) is 13.0. The molecule has 0 aliphatic heterocycles. The number of benzene rings is 2. The van der Waals surface area contributed by atoms with E-state index in [9.17, 15) is 18.0 Å². The Balaban J connectivity index is 1.73. The van der Waals surface area contributed by atoms with E-state index in [4.69, 9.17) is 16.3 Å². The molecule has 4 rings (SSSR count). The third-order valence-corrected chi connectivity index (χ3v) is 7.32. The smallest absolute Gasteiger partial charge is 0.262 e. The van der Waals surface area contributed by atoms with Crippen molar-refractivity contribution in [2.75, 3.05) is 18.9 Å². The lowest BCUT2D eigenvalue weighted by atomic mass is 10.0. The van der Waals surface area contributed by atoms with Gasteiger partial charge in [-0.05, 0) is 42.0 Å². The van der Waals surface area contributed by atoms with E-state index >= 15 is 0 Å². The minimum absolute atomic E-state index is 0.0178. The first-order valence-electron chi connectivity index (χ1n) is 11.2. The van der Waals surface area contributed by atoms with Gasteiger partial charge in [-0.2, -0.15) is 0 Å². The van der Waals surface area contributed by atoms with Gasteiger partial charge in [0.1, 0.15) is 5.69 Å². The Hall–Kier alpha value is -3.96. The number of ether oxygens (including phenoxy) is 1. The zero-order valence-corrected chi connectivity index (χ0v) is 21.8. The summed E-state index contributed by atoms with van der Waals surface area (Å²) in [4.78, 5) is 33.6. The van der Waals surface area contributed by atoms with E-state index in [0.29, 0.717) is 22.0 Å². The molecule has 2 aromatic carbocycles. The second kappa shape index (κ2) is 10.6. The van der Waals surface area contributed by atoms with Crippen LogP contribution in [-0.2, 0) is 21.4 Å². The maximum Gasteiger partial charge on any atom is 0.262 e. The number of halogens is 1. The van der Waals surface area contributed by atoms with Crippen molar-refractivity contribution in [1.29, 1.82) is 0 Å². The Bertz CT molecular complexity index is 1660. The number of carbonyl (C=O) groups excluding carboxylic acids is 1. The molecule has 0 radical (unpaired) electrons. The van der Waals surface area contributed by atoms with Crippen molar-refractivity contribution in [2.24, 2.45) is 5.92 Å². The highest BCUT2D eigenvalue weighted by Gasteiger charge is 2.19. The van der Waals surface area contributed by atoms with Gasteiger partial charge in [-0.25, -0.2) is 18.4 Å². The number of anilines is 1. The fourth-order valence-electron chi connectivity index (χ4n) is 3.78. The number of aromatic nitrogens is 3. The number of nitrogens with zero attached hydrogens (tertiary/aromatic N) is 3. The van der Waals surface area contributed by atoms with Crippen LogP contribution in [0.2, 0.25) is 5.02 Å². The van der Waals surface area contributed by atoms with E-state index in [1.165, 1.54) is 42.4 Å². The van der Waals surface area contributed by atoms with Gasteiger partial charge in [0.15, 0.2) is 0 Å². The number of sulfonamides is 1. The van der Waals surface area contributed by atoms with Crippen molar-refractivity contribution in [1.82, 2.24) is 19.9 Å². The van der Waals surface area contributed by atoms with Crippen LogP contribution >= 0.6 is 11.6 Å². The summed E-state index contributed by atoms with van der Waals surface area (Å²) in [7, 11) is -1.07. The number of methoxy groups -OCH3 is 1. The predicted octanol–water partition coefficient (Wildman–Crippen LogP) is 3.30. The summed E-state index contributed by atoms with van der Waals surface area (Å²) in [5.74, 6) is -0.536. The summed E-state index contributed by atoms with van der Waals surface area (Å²) in [6.45, 7) is 1.89. The molecule has 0 unspecified atom stereocenters. The molecule has 1 atom stereocenters. The molecular weight excluding hydrogens is 518 g/mol. The average Bonchev–Trinajstić information content (AvgIpc) is 2.89. The largest absolute Gasteiger partial charge is 0.480 e. The molecule has 2 aromatic heterocycles. The van der Waals surface area contributed by atoms with Gasteiger partial charge in [0.25, 0.3) is 15.6 Å². The summed E-state index contributed by atoms with van der Waals surface area (Å²) in [5, 5.41) is 3.20. The van der Waals surface area contributed by atoms with Crippen LogP contribution in [0.1, 0.15) is 6.92 Å². The first-order chi connectivity index (χ1) is 17.6. The molecule has 10 nitrogen and oxygen atoms in total. The SMILES string of the molecule is CNC(=O)[C@@H](C)Cn1cnc2ccc(-c3cnc(OC)c(NS(=O)(=O)c4cccc(Cl)c4)c3)cc2c1=O. The van der Waals surface area contributed by atoms with Crippen LogP contribution in [-0.4, -0.2) is 43.0 Å². The topological polar surface area (TPSA) is 132 Å². The molecule has 1 amide bonds. The predicted molar refractivity (Wildman–Crippen MR) is 141 cm³/mol. The van der Waals surface area contributed by atoms with Crippen LogP contribution in [0, 0.1) is 5.92 Å². The van der Waals surface area contributed by atoms with Crippen LogP contribution < -0.4 is 20.3 Å². The molecular formula is C25H24ClN5O5S. The first kappa shape index (κ1) is 26.1. The molecule has 0 saturated heterocycles. The van der Waals surface area contributed by atoms with Crippen LogP contribution in [0.25, 0.3) is 22.0 Å². The van der Waals surface area contributed by atoms with Crippen molar-refractivity contribution in [3.8, 4) is 17.0 Å². The van der Waals surface area contributed by atoms with Crippen molar-refractivity contribution in [2.45, 2.75) is 18.4 Å². The Morgan fingerprint density at radius 3 is 2.62 bits per heavy atom. The maximum atomic E-state index is 13.2. The lowest BCUT2D eigenvalue weighted by Crippen LogP contribution is -2.32. The molecule has 192 valence electrons. The molecule has 0 bridgehead atoms. The Kier molecular flexibility index (Phi) is 7.46. The maximum absolute atomic E-state index is 13.2. The monoisotopic (exact) mass is 541 g/mol. The fraction of sp³-hybridized carbons (Fsp3) is 0.200. The molecule has 4 aromatic rings. The van der Waals surface area contributed by atoms with Crippen molar-refractivity contribution >= 4 is 44.1 Å². The van der Waals surface area contributed by atoms with Gasteiger partial charge in [0.05, 0.1) is 35.2 Å². The van der Waals surface area contributed by atoms with Crippen LogP contribution in [0.3, 0.4) is 0 Å². The number of nitrogens with one attached hydrogen (secondary N) is 2. The molecule has 0 saturated carbocycles. The zero-order chi connectivity index (χ0) is 26.7. The van der Waals surface area contributed by atoms with Crippen LogP contribution in [0.15, 0.2) is 70.7 Å². The summed E-state index contributed by atoms with van der Waals surface area (Å²) in [5.41, 5.74) is 1.46. The molecule has 0 aliphatic carbocycles. The number of amides is 1. The minimum Gasteiger partial charge on any atom is -0.480 e. The summed E-state index contributed by atoms with van der Waals surface area (Å²) >= 11 is 5.96. The minimum atomic E-state index is -3.99. The molecule has 12 heteroatoms. The number of carbonyl (C=O) groups is 1. The molecule has 2 heterocycles. The van der Waals surface area contributed by atoms with Crippen molar-refractivity contribution < 1.29 is 17.9 Å². The Labute approximate surface area is 218 Å². The van der Waals surface area contributed by atoms with Gasteiger partial charge in [-0.1, -0.05) is 30.7 Å². The van der Waals surface area contributed by atoms with Gasteiger partial charge in [-0.15, -0.1) is 0 Å². The molecule has 37 heavy (non-hydrogen) atoms. The zero-order valence-electron chi connectivity index (χ0n) is 20.2. The highest BCUT2D eigenvalue weighted by molar-refractivity contribution is 7.92. The standard InChI is InChI=1S/C25H24ClN5O5S/c1-15(23(32)27-2)13-31-14-29-21-8-7-16(9-20(21)25(31)33)17-10-22(24(36-3)28-12-17)30-37(34,35)19-6-4-5-18(26)11-19/h4-12,14-15,30H,13H2,1-3H3,(H,27,32)/t15-/m0/s1. The second-order valence-electron chi connectivity index (χ2n) is 8.29. The third kappa shape index (κ3) is 5.57. The normalized spacial score (nSPS) is 12.2. The van der Waals surface area contributed by atoms with E-state index in [2.05, 4.69) is 20.0 Å². The van der Waals surface area contributed by atoms with E-state index in [0.717, 1.165) is 0 Å². The van der Waals surface area contributed by atoms with E-state index in [-0.39, 0.29) is 39.5 Å². The quantitative estimate of drug-likeness (QED) is 0.350. The summed E-state index contributed by atoms with van der Waals surface area (Å²) < 4.78 is 35.0. The molecule has 0 fully saturated rings. The van der Waals surface area contributed by atoms with Gasteiger partial charge in [0, 0.05) is 30.4 Å². The van der Waals surface area contributed by atoms with Gasteiger partial charge in [0.2, 0.25) is 11.8 Å². The van der Waals surface area contributed by atoms with E-state index in [1.807, 2.05) is 0 Å². The Morgan fingerprint density at radius 1 is 1.14 bits per heavy atom. The van der Waals surface area contributed by atoms with Gasteiger partial charge >= 0.3 is 0 Å². The number of hydrogen-bond acceptors (Lipinski definition) is 7. The number of fused-ring (bicyclic) bond motifs is 1. The highest BCUT2D eigenvalue weighted by Crippen LogP contribution is 2.31. The number of hydrogen-bond donors (Lipinski definition) is 2. The van der Waals surface area contributed by atoms with E-state index in [1.54, 1.807) is 44.3 Å². The Morgan fingerprint density at radius 2 is 1.92 bits per heavy atom. The summed E-state index contributed by atoms with van der Waals surface area (Å²) in [6.07, 6.45) is 2.93. The lowest BCUT2D eigenvalue weighted by Gasteiger charge is -2.14. The molecule has 0 spiro atoms. The highest BCUT2D eigenvalue weighted by atomic mass is 35.5. The van der Waals surface area contributed by atoms with Crippen LogP contribution in [0.5, 0.6) is 5.88 Å². The third-order valence-electron chi connectivity index (χ3n) is 5.72. The van der Waals surface area contributed by atoms with Gasteiger partial charge in [-0.3, -0.25) is 18.9 Å².